The van der Waals surface area contributed by atoms with Crippen LogP contribution in [-0.4, -0.2) is 39.6 Å². The second kappa shape index (κ2) is 6.57. The molecule has 4 heterocycles. The van der Waals surface area contributed by atoms with Crippen LogP contribution >= 0.6 is 11.3 Å². The Bertz CT molecular complexity index is 902. The number of aryl methyl sites for hydroxylation is 2. The van der Waals surface area contributed by atoms with Gasteiger partial charge in [0.15, 0.2) is 5.82 Å². The zero-order valence-electron chi connectivity index (χ0n) is 15.4. The lowest BCUT2D eigenvalue weighted by atomic mass is 9.95. The van der Waals surface area contributed by atoms with Gasteiger partial charge in [-0.15, -0.1) is 11.3 Å². The molecule has 0 radical (unpaired) electrons. The molecule has 5 nitrogen and oxygen atoms in total. The van der Waals surface area contributed by atoms with Gasteiger partial charge in [-0.05, 0) is 51.4 Å². The Labute approximate surface area is 152 Å². The third kappa shape index (κ3) is 2.91. The van der Waals surface area contributed by atoms with Crippen LogP contribution in [0.15, 0.2) is 6.07 Å². The Morgan fingerprint density at radius 1 is 1.24 bits per heavy atom. The van der Waals surface area contributed by atoms with Crippen molar-refractivity contribution < 1.29 is 0 Å². The summed E-state index contributed by atoms with van der Waals surface area (Å²) >= 11 is 1.90. The quantitative estimate of drug-likeness (QED) is 0.769. The van der Waals surface area contributed by atoms with Crippen LogP contribution in [0.4, 0.5) is 5.82 Å². The van der Waals surface area contributed by atoms with Crippen LogP contribution in [0, 0.1) is 0 Å². The highest BCUT2D eigenvalue weighted by Crippen LogP contribution is 2.39. The molecule has 2 N–H and O–H groups in total. The lowest BCUT2D eigenvalue weighted by Crippen LogP contribution is -2.28. The molecule has 1 saturated heterocycles. The molecule has 0 aliphatic carbocycles. The van der Waals surface area contributed by atoms with Gasteiger partial charge in [0.25, 0.3) is 0 Å². The second-order valence-corrected chi connectivity index (χ2v) is 8.41. The largest absolute Gasteiger partial charge is 0.382 e. The first kappa shape index (κ1) is 16.8. The minimum Gasteiger partial charge on any atom is -0.382 e. The molecule has 1 aliphatic heterocycles. The topological polar surface area (TPSA) is 60.0 Å². The summed E-state index contributed by atoms with van der Waals surface area (Å²) in [6.07, 6.45) is 5.78. The third-order valence-corrected chi connectivity index (χ3v) is 6.79. The van der Waals surface area contributed by atoms with Gasteiger partial charge in [-0.2, -0.15) is 0 Å². The third-order valence-electron chi connectivity index (χ3n) is 5.49. The number of rotatable bonds is 4. The Balaban J connectivity index is 1.81. The summed E-state index contributed by atoms with van der Waals surface area (Å²) in [6, 6.07) is 2.27. The van der Waals surface area contributed by atoms with E-state index in [1.807, 2.05) is 11.3 Å². The van der Waals surface area contributed by atoms with Gasteiger partial charge in [-0.25, -0.2) is 9.97 Å². The second-order valence-electron chi connectivity index (χ2n) is 7.33. The highest BCUT2D eigenvalue weighted by atomic mass is 32.1. The van der Waals surface area contributed by atoms with Crippen molar-refractivity contribution in [2.24, 2.45) is 7.05 Å². The maximum absolute atomic E-state index is 6.25. The Morgan fingerprint density at radius 3 is 2.72 bits per heavy atom. The number of aromatic nitrogens is 3. The van der Waals surface area contributed by atoms with Crippen LogP contribution in [0.1, 0.15) is 49.2 Å². The maximum Gasteiger partial charge on any atom is 0.152 e. The number of likely N-dealkylation sites (tertiary alicyclic amines) is 1. The normalized spacial score (nSPS) is 17.1. The molecule has 134 valence electrons. The number of thiophene rings is 1. The van der Waals surface area contributed by atoms with Crippen molar-refractivity contribution in [2.75, 3.05) is 25.9 Å². The van der Waals surface area contributed by atoms with E-state index in [-0.39, 0.29) is 0 Å². The van der Waals surface area contributed by atoms with Crippen LogP contribution in [0.2, 0.25) is 0 Å². The molecule has 0 aromatic carbocycles. The summed E-state index contributed by atoms with van der Waals surface area (Å²) in [5.41, 5.74) is 9.32. The minimum absolute atomic E-state index is 0.563. The Morgan fingerprint density at radius 2 is 2.00 bits per heavy atom. The van der Waals surface area contributed by atoms with Crippen molar-refractivity contribution in [3.63, 3.8) is 0 Å². The smallest absolute Gasteiger partial charge is 0.152 e. The zero-order valence-corrected chi connectivity index (χ0v) is 16.2. The summed E-state index contributed by atoms with van der Waals surface area (Å²) in [5, 5.41) is 0. The molecule has 6 heteroatoms. The van der Waals surface area contributed by atoms with E-state index < -0.39 is 0 Å². The Hall–Kier alpha value is -1.66. The molecule has 0 atom stereocenters. The molecule has 25 heavy (non-hydrogen) atoms. The van der Waals surface area contributed by atoms with Crippen LogP contribution in [0.3, 0.4) is 0 Å². The van der Waals surface area contributed by atoms with E-state index in [1.54, 1.807) is 0 Å². The minimum atomic E-state index is 0.563. The number of nitrogens with zero attached hydrogens (tertiary/aromatic N) is 4. The van der Waals surface area contributed by atoms with E-state index in [1.165, 1.54) is 41.9 Å². The molecule has 1 fully saturated rings. The molecular formula is C19H27N5S. The maximum atomic E-state index is 6.25. The molecule has 0 amide bonds. The summed E-state index contributed by atoms with van der Waals surface area (Å²) in [4.78, 5) is 13.4. The van der Waals surface area contributed by atoms with Crippen molar-refractivity contribution in [3.8, 4) is 0 Å². The fourth-order valence-electron chi connectivity index (χ4n) is 3.87. The molecule has 0 unspecified atom stereocenters. The highest BCUT2D eigenvalue weighted by molar-refractivity contribution is 7.20. The first-order chi connectivity index (χ1) is 12.1. The first-order valence-electron chi connectivity index (χ1n) is 9.31. The van der Waals surface area contributed by atoms with Crippen LogP contribution in [0.5, 0.6) is 0 Å². The van der Waals surface area contributed by atoms with Crippen molar-refractivity contribution >= 4 is 38.4 Å². The average Bonchev–Trinajstić information content (AvgIpc) is 3.15. The lowest BCUT2D eigenvalue weighted by molar-refractivity contribution is 0.257. The number of nitrogen functional groups attached to an aromatic ring is 1. The van der Waals surface area contributed by atoms with E-state index in [4.69, 9.17) is 10.7 Å². The molecule has 3 aromatic heterocycles. The first-order valence-corrected chi connectivity index (χ1v) is 10.1. The van der Waals surface area contributed by atoms with Gasteiger partial charge in [0.2, 0.25) is 0 Å². The number of fused-ring (bicyclic) bond motifs is 3. The standard InChI is InChI=1S/C19H27N5S/c1-4-5-6-15-22-16-17(24(15)3)18-13(21-19(16)20)11-14(25-18)12-7-9-23(2)10-8-12/h11-12H,4-10H2,1-3H3,(H2,20,21). The fourth-order valence-corrected chi connectivity index (χ4v) is 5.22. The number of piperidine rings is 1. The van der Waals surface area contributed by atoms with E-state index >= 15 is 0 Å². The number of unbranched alkanes of at least 4 members (excludes halogenated alkanes) is 1. The predicted octanol–water partition coefficient (Wildman–Crippen LogP) is 3.92. The molecule has 1 aliphatic rings. The summed E-state index contributed by atoms with van der Waals surface area (Å²) < 4.78 is 3.48. The van der Waals surface area contributed by atoms with E-state index in [0.29, 0.717) is 11.7 Å². The van der Waals surface area contributed by atoms with Crippen molar-refractivity contribution in [2.45, 2.75) is 44.9 Å². The van der Waals surface area contributed by atoms with Crippen molar-refractivity contribution in [1.82, 2.24) is 19.4 Å². The van der Waals surface area contributed by atoms with Crippen LogP contribution in [-0.2, 0) is 13.5 Å². The zero-order chi connectivity index (χ0) is 17.6. The molecule has 0 bridgehead atoms. The molecule has 3 aromatic rings. The highest BCUT2D eigenvalue weighted by Gasteiger charge is 2.23. The Kier molecular flexibility index (Phi) is 4.41. The van der Waals surface area contributed by atoms with Gasteiger partial charge in [0.05, 0.1) is 15.7 Å². The van der Waals surface area contributed by atoms with E-state index in [0.717, 1.165) is 35.2 Å². The fraction of sp³-hybridized carbons (Fsp3) is 0.579. The number of hydrogen-bond donors (Lipinski definition) is 1. The van der Waals surface area contributed by atoms with Gasteiger partial charge in [-0.3, -0.25) is 0 Å². The number of hydrogen-bond acceptors (Lipinski definition) is 5. The summed E-state index contributed by atoms with van der Waals surface area (Å²) in [5.74, 6) is 2.33. The number of nitrogens with two attached hydrogens (primary N) is 1. The predicted molar refractivity (Wildman–Crippen MR) is 106 cm³/mol. The van der Waals surface area contributed by atoms with Gasteiger partial charge >= 0.3 is 0 Å². The van der Waals surface area contributed by atoms with Gasteiger partial charge in [0.1, 0.15) is 11.3 Å². The monoisotopic (exact) mass is 357 g/mol. The number of anilines is 1. The van der Waals surface area contributed by atoms with Crippen molar-refractivity contribution in [3.05, 3.63) is 16.8 Å². The van der Waals surface area contributed by atoms with E-state index in [2.05, 4.69) is 41.5 Å². The molecule has 4 rings (SSSR count). The summed E-state index contributed by atoms with van der Waals surface area (Å²) in [6.45, 7) is 4.57. The number of pyridine rings is 1. The van der Waals surface area contributed by atoms with Crippen LogP contribution in [0.25, 0.3) is 21.3 Å². The van der Waals surface area contributed by atoms with Crippen molar-refractivity contribution in [1.29, 1.82) is 0 Å². The molecular weight excluding hydrogens is 330 g/mol. The SMILES string of the molecule is CCCCc1nc2c(N)nc3cc(C4CCN(C)CC4)sc3c2n1C. The van der Waals surface area contributed by atoms with Gasteiger partial charge in [0, 0.05) is 18.3 Å². The summed E-state index contributed by atoms with van der Waals surface area (Å²) in [7, 11) is 4.33. The lowest BCUT2D eigenvalue weighted by Gasteiger charge is -2.28. The van der Waals surface area contributed by atoms with Gasteiger partial charge < -0.3 is 15.2 Å². The number of imidazole rings is 1. The average molecular weight is 358 g/mol. The van der Waals surface area contributed by atoms with E-state index in [9.17, 15) is 0 Å². The molecule has 0 saturated carbocycles. The van der Waals surface area contributed by atoms with Gasteiger partial charge in [-0.1, -0.05) is 13.3 Å². The van der Waals surface area contributed by atoms with Crippen LogP contribution < -0.4 is 5.73 Å². The molecule has 0 spiro atoms.